The van der Waals surface area contributed by atoms with Crippen LogP contribution in [0, 0.1) is 0 Å². The van der Waals surface area contributed by atoms with Gasteiger partial charge in [-0.25, -0.2) is 0 Å². The van der Waals surface area contributed by atoms with Gasteiger partial charge in [0.25, 0.3) is 0 Å². The van der Waals surface area contributed by atoms with E-state index >= 15 is 0 Å². The largest absolute Gasteiger partial charge is 0.494 e. The van der Waals surface area contributed by atoms with E-state index in [9.17, 15) is 0 Å². The average molecular weight is 281 g/mol. The molecule has 0 radical (unpaired) electrons. The Bertz CT molecular complexity index is 477. The summed E-state index contributed by atoms with van der Waals surface area (Å²) in [5.41, 5.74) is 2.29. The summed E-state index contributed by atoms with van der Waals surface area (Å²) in [5.74, 6) is 1.50. The molecule has 0 saturated heterocycles. The molecule has 0 amide bonds. The van der Waals surface area contributed by atoms with Crippen LogP contribution in [0.4, 0.5) is 0 Å². The lowest BCUT2D eigenvalue weighted by Gasteiger charge is -2.06. The van der Waals surface area contributed by atoms with Crippen molar-refractivity contribution in [2.24, 2.45) is 0 Å². The van der Waals surface area contributed by atoms with Crippen molar-refractivity contribution in [3.05, 3.63) is 53.6 Å². The Balaban J connectivity index is 2.05. The van der Waals surface area contributed by atoms with Gasteiger partial charge in [0.2, 0.25) is 0 Å². The van der Waals surface area contributed by atoms with Gasteiger partial charge in [0.1, 0.15) is 5.75 Å². The van der Waals surface area contributed by atoms with Gasteiger partial charge in [-0.1, -0.05) is 35.9 Å². The van der Waals surface area contributed by atoms with Crippen LogP contribution in [0.3, 0.4) is 0 Å². The molecule has 0 fully saturated rings. The highest BCUT2D eigenvalue weighted by molar-refractivity contribution is 6.30. The van der Waals surface area contributed by atoms with Gasteiger partial charge in [0, 0.05) is 10.9 Å². The van der Waals surface area contributed by atoms with Crippen LogP contribution < -0.4 is 4.74 Å². The molecule has 94 valence electrons. The molecule has 0 spiro atoms. The molecule has 2 rings (SSSR count). The number of rotatable bonds is 5. The fourth-order valence-electron chi connectivity index (χ4n) is 1.63. The Labute approximate surface area is 117 Å². The molecule has 2 aromatic rings. The highest BCUT2D eigenvalue weighted by Crippen LogP contribution is 2.23. The zero-order valence-electron chi connectivity index (χ0n) is 9.90. The van der Waals surface area contributed by atoms with Gasteiger partial charge in [-0.2, -0.15) is 0 Å². The Morgan fingerprint density at radius 2 is 1.39 bits per heavy atom. The van der Waals surface area contributed by atoms with Crippen LogP contribution in [-0.2, 0) is 0 Å². The average Bonchev–Trinajstić information content (AvgIpc) is 2.41. The molecular formula is C15H14Cl2O. The second kappa shape index (κ2) is 6.67. The van der Waals surface area contributed by atoms with Crippen molar-refractivity contribution in [3.8, 4) is 16.9 Å². The lowest BCUT2D eigenvalue weighted by atomic mass is 10.1. The summed E-state index contributed by atoms with van der Waals surface area (Å²) in [6.45, 7) is 0.657. The van der Waals surface area contributed by atoms with Crippen LogP contribution in [0.15, 0.2) is 48.5 Å². The molecule has 1 nitrogen and oxygen atoms in total. The zero-order chi connectivity index (χ0) is 12.8. The summed E-state index contributed by atoms with van der Waals surface area (Å²) in [7, 11) is 0. The second-order valence-corrected chi connectivity index (χ2v) is 4.74. The first-order chi connectivity index (χ1) is 8.79. The van der Waals surface area contributed by atoms with E-state index < -0.39 is 0 Å². The van der Waals surface area contributed by atoms with Crippen LogP contribution >= 0.6 is 23.2 Å². The predicted molar refractivity (Wildman–Crippen MR) is 77.7 cm³/mol. The van der Waals surface area contributed by atoms with Gasteiger partial charge >= 0.3 is 0 Å². The third-order valence-corrected chi connectivity index (χ3v) is 3.10. The van der Waals surface area contributed by atoms with E-state index in [0.717, 1.165) is 28.3 Å². The van der Waals surface area contributed by atoms with Crippen molar-refractivity contribution in [2.75, 3.05) is 12.5 Å². The molecular weight excluding hydrogens is 267 g/mol. The molecule has 0 N–H and O–H groups in total. The molecule has 0 heterocycles. The number of hydrogen-bond donors (Lipinski definition) is 0. The molecule has 0 saturated carbocycles. The number of benzene rings is 2. The van der Waals surface area contributed by atoms with E-state index in [4.69, 9.17) is 27.9 Å². The van der Waals surface area contributed by atoms with Crippen LogP contribution in [0.1, 0.15) is 6.42 Å². The van der Waals surface area contributed by atoms with E-state index in [1.165, 1.54) is 0 Å². The van der Waals surface area contributed by atoms with Gasteiger partial charge in [-0.15, -0.1) is 11.6 Å². The van der Waals surface area contributed by atoms with E-state index in [0.29, 0.717) is 12.5 Å². The van der Waals surface area contributed by atoms with Crippen molar-refractivity contribution >= 4 is 23.2 Å². The molecule has 0 atom stereocenters. The van der Waals surface area contributed by atoms with Crippen LogP contribution in [-0.4, -0.2) is 12.5 Å². The van der Waals surface area contributed by atoms with Crippen molar-refractivity contribution in [3.63, 3.8) is 0 Å². The summed E-state index contributed by atoms with van der Waals surface area (Å²) in [6, 6.07) is 15.8. The van der Waals surface area contributed by atoms with Gasteiger partial charge in [-0.3, -0.25) is 0 Å². The Kier molecular flexibility index (Phi) is 4.91. The van der Waals surface area contributed by atoms with E-state index in [1.54, 1.807) is 0 Å². The predicted octanol–water partition coefficient (Wildman–Crippen LogP) is 5.01. The van der Waals surface area contributed by atoms with Crippen molar-refractivity contribution in [1.29, 1.82) is 0 Å². The van der Waals surface area contributed by atoms with Crippen LogP contribution in [0.2, 0.25) is 5.02 Å². The lowest BCUT2D eigenvalue weighted by molar-refractivity contribution is 0.318. The Morgan fingerprint density at radius 1 is 0.833 bits per heavy atom. The molecule has 18 heavy (non-hydrogen) atoms. The minimum Gasteiger partial charge on any atom is -0.494 e. The summed E-state index contributed by atoms with van der Waals surface area (Å²) in [6.07, 6.45) is 0.862. The van der Waals surface area contributed by atoms with Gasteiger partial charge in [0.05, 0.1) is 6.61 Å². The maximum atomic E-state index is 5.86. The number of hydrogen-bond acceptors (Lipinski definition) is 1. The minimum absolute atomic E-state index is 0.628. The third-order valence-electron chi connectivity index (χ3n) is 2.58. The van der Waals surface area contributed by atoms with Gasteiger partial charge < -0.3 is 4.74 Å². The Morgan fingerprint density at radius 3 is 1.94 bits per heavy atom. The quantitative estimate of drug-likeness (QED) is 0.552. The summed E-state index contributed by atoms with van der Waals surface area (Å²) in [4.78, 5) is 0. The highest BCUT2D eigenvalue weighted by atomic mass is 35.5. The summed E-state index contributed by atoms with van der Waals surface area (Å²) in [5, 5.41) is 0.750. The second-order valence-electron chi connectivity index (χ2n) is 3.92. The third kappa shape index (κ3) is 3.66. The molecule has 0 unspecified atom stereocenters. The first-order valence-corrected chi connectivity index (χ1v) is 6.75. The van der Waals surface area contributed by atoms with Crippen LogP contribution in [0.25, 0.3) is 11.1 Å². The molecule has 2 aromatic carbocycles. The normalized spacial score (nSPS) is 10.3. The molecule has 0 aliphatic heterocycles. The van der Waals surface area contributed by atoms with Gasteiger partial charge in [0.15, 0.2) is 0 Å². The topological polar surface area (TPSA) is 9.23 Å². The van der Waals surface area contributed by atoms with E-state index in [2.05, 4.69) is 0 Å². The van der Waals surface area contributed by atoms with Crippen molar-refractivity contribution < 1.29 is 4.74 Å². The minimum atomic E-state index is 0.628. The first kappa shape index (κ1) is 13.3. The lowest BCUT2D eigenvalue weighted by Crippen LogP contribution is -1.97. The SMILES string of the molecule is ClCCCOc1ccc(-c2ccc(Cl)cc2)cc1. The molecule has 0 bridgehead atoms. The summed E-state index contributed by atoms with van der Waals surface area (Å²) < 4.78 is 5.55. The first-order valence-electron chi connectivity index (χ1n) is 5.84. The molecule has 0 aromatic heterocycles. The number of alkyl halides is 1. The number of ether oxygens (including phenoxy) is 1. The molecule has 3 heteroatoms. The van der Waals surface area contributed by atoms with Gasteiger partial charge in [-0.05, 0) is 41.8 Å². The molecule has 0 aliphatic carbocycles. The fraction of sp³-hybridized carbons (Fsp3) is 0.200. The fourth-order valence-corrected chi connectivity index (χ4v) is 1.87. The smallest absolute Gasteiger partial charge is 0.119 e. The zero-order valence-corrected chi connectivity index (χ0v) is 11.4. The number of halogens is 2. The highest BCUT2D eigenvalue weighted by Gasteiger charge is 1.99. The molecule has 0 aliphatic rings. The van der Waals surface area contributed by atoms with E-state index in [-0.39, 0.29) is 0 Å². The van der Waals surface area contributed by atoms with Crippen molar-refractivity contribution in [1.82, 2.24) is 0 Å². The summed E-state index contributed by atoms with van der Waals surface area (Å²) >= 11 is 11.5. The monoisotopic (exact) mass is 280 g/mol. The maximum absolute atomic E-state index is 5.86. The van der Waals surface area contributed by atoms with E-state index in [1.807, 2.05) is 48.5 Å². The van der Waals surface area contributed by atoms with Crippen molar-refractivity contribution in [2.45, 2.75) is 6.42 Å². The Hall–Kier alpha value is -1.18. The maximum Gasteiger partial charge on any atom is 0.119 e. The standard InChI is InChI=1S/C15H14Cl2O/c16-10-1-11-18-15-8-4-13(5-9-15)12-2-6-14(17)7-3-12/h2-9H,1,10-11H2. The van der Waals surface area contributed by atoms with Crippen LogP contribution in [0.5, 0.6) is 5.75 Å².